The molecule has 2 N–H and O–H groups in total. The molecular weight excluding hydrogens is 218 g/mol. The van der Waals surface area contributed by atoms with Crippen LogP contribution >= 0.6 is 0 Å². The van der Waals surface area contributed by atoms with Crippen LogP contribution < -0.4 is 5.73 Å². The Labute approximate surface area is 115 Å². The van der Waals surface area contributed by atoms with Crippen LogP contribution in [0.15, 0.2) is 11.1 Å². The minimum Gasteiger partial charge on any atom is -0.327 e. The summed E-state index contributed by atoms with van der Waals surface area (Å²) >= 11 is 0. The van der Waals surface area contributed by atoms with E-state index in [1.54, 1.807) is 11.1 Å². The number of hydrogen-bond acceptors (Lipinski definition) is 1. The van der Waals surface area contributed by atoms with Gasteiger partial charge in [-0.3, -0.25) is 0 Å². The van der Waals surface area contributed by atoms with Crippen LogP contribution in [0.1, 0.15) is 86.0 Å². The lowest BCUT2D eigenvalue weighted by Crippen LogP contribution is -2.26. The van der Waals surface area contributed by atoms with Crippen molar-refractivity contribution in [3.63, 3.8) is 0 Å². The number of hydrogen-bond donors (Lipinski definition) is 1. The molecule has 0 radical (unpaired) electrons. The Balaban J connectivity index is 4.34. The maximum Gasteiger partial charge on any atom is 0.00620 e. The van der Waals surface area contributed by atoms with Gasteiger partial charge in [0, 0.05) is 6.04 Å². The molecule has 108 valence electrons. The van der Waals surface area contributed by atoms with Crippen LogP contribution in [0.3, 0.4) is 0 Å². The maximum absolute atomic E-state index is 6.13. The zero-order chi connectivity index (χ0) is 14.0. The van der Waals surface area contributed by atoms with Crippen molar-refractivity contribution in [2.75, 3.05) is 0 Å². The summed E-state index contributed by atoms with van der Waals surface area (Å²) in [6.07, 6.45) is 10.1. The van der Waals surface area contributed by atoms with E-state index in [4.69, 9.17) is 5.73 Å². The topological polar surface area (TPSA) is 26.0 Å². The summed E-state index contributed by atoms with van der Waals surface area (Å²) in [4.78, 5) is 0. The molecule has 0 bridgehead atoms. The molecule has 0 amide bonds. The highest BCUT2D eigenvalue weighted by Crippen LogP contribution is 2.24. The van der Waals surface area contributed by atoms with Crippen LogP contribution in [-0.2, 0) is 0 Å². The molecule has 1 unspecified atom stereocenters. The second-order valence-electron chi connectivity index (χ2n) is 5.86. The van der Waals surface area contributed by atoms with Gasteiger partial charge < -0.3 is 5.73 Å². The highest BCUT2D eigenvalue weighted by atomic mass is 14.6. The van der Waals surface area contributed by atoms with Crippen LogP contribution in [-0.4, -0.2) is 6.04 Å². The van der Waals surface area contributed by atoms with Gasteiger partial charge in [0.1, 0.15) is 0 Å². The highest BCUT2D eigenvalue weighted by Gasteiger charge is 2.09. The molecular formula is C17H35N. The minimum atomic E-state index is 0.379. The van der Waals surface area contributed by atoms with E-state index in [2.05, 4.69) is 34.6 Å². The molecule has 0 aromatic heterocycles. The van der Waals surface area contributed by atoms with E-state index >= 15 is 0 Å². The molecule has 18 heavy (non-hydrogen) atoms. The lowest BCUT2D eigenvalue weighted by molar-refractivity contribution is 0.450. The van der Waals surface area contributed by atoms with E-state index in [0.29, 0.717) is 12.0 Å². The zero-order valence-corrected chi connectivity index (χ0v) is 13.4. The van der Waals surface area contributed by atoms with Gasteiger partial charge in [-0.25, -0.2) is 0 Å². The maximum atomic E-state index is 6.13. The Morgan fingerprint density at radius 1 is 0.889 bits per heavy atom. The van der Waals surface area contributed by atoms with Crippen LogP contribution in [0, 0.1) is 5.92 Å². The highest BCUT2D eigenvalue weighted by molar-refractivity contribution is 5.14. The Hall–Kier alpha value is -0.300. The minimum absolute atomic E-state index is 0.379. The summed E-state index contributed by atoms with van der Waals surface area (Å²) in [7, 11) is 0. The predicted molar refractivity (Wildman–Crippen MR) is 83.8 cm³/mol. The van der Waals surface area contributed by atoms with Crippen LogP contribution in [0.5, 0.6) is 0 Å². The number of rotatable bonds is 10. The molecule has 0 aliphatic heterocycles. The summed E-state index contributed by atoms with van der Waals surface area (Å²) < 4.78 is 0. The summed E-state index contributed by atoms with van der Waals surface area (Å²) in [6, 6.07) is 0.379. The van der Waals surface area contributed by atoms with Crippen molar-refractivity contribution in [1.82, 2.24) is 0 Å². The van der Waals surface area contributed by atoms with Gasteiger partial charge >= 0.3 is 0 Å². The number of allylic oxidation sites excluding steroid dienone is 2. The van der Waals surface area contributed by atoms with Crippen LogP contribution in [0.2, 0.25) is 0 Å². The SMILES string of the molecule is CCC/C(CC)=C(/CCC)CCCC(N)C(C)C. The van der Waals surface area contributed by atoms with Crippen molar-refractivity contribution >= 4 is 0 Å². The van der Waals surface area contributed by atoms with E-state index in [9.17, 15) is 0 Å². The van der Waals surface area contributed by atoms with E-state index in [-0.39, 0.29) is 0 Å². The van der Waals surface area contributed by atoms with E-state index in [1.165, 1.54) is 51.4 Å². The summed E-state index contributed by atoms with van der Waals surface area (Å²) in [5, 5.41) is 0. The average Bonchev–Trinajstić information content (AvgIpc) is 2.34. The molecule has 0 fully saturated rings. The van der Waals surface area contributed by atoms with Crippen molar-refractivity contribution in [1.29, 1.82) is 0 Å². The summed E-state index contributed by atoms with van der Waals surface area (Å²) in [6.45, 7) is 11.3. The first-order valence-electron chi connectivity index (χ1n) is 8.02. The van der Waals surface area contributed by atoms with Crippen molar-refractivity contribution in [3.8, 4) is 0 Å². The molecule has 0 heterocycles. The van der Waals surface area contributed by atoms with Gasteiger partial charge in [0.25, 0.3) is 0 Å². The second-order valence-corrected chi connectivity index (χ2v) is 5.86. The molecule has 0 spiro atoms. The van der Waals surface area contributed by atoms with Crippen molar-refractivity contribution in [2.45, 2.75) is 92.0 Å². The van der Waals surface area contributed by atoms with Crippen LogP contribution in [0.4, 0.5) is 0 Å². The summed E-state index contributed by atoms with van der Waals surface area (Å²) in [5.41, 5.74) is 9.58. The second kappa shape index (κ2) is 10.6. The Morgan fingerprint density at radius 2 is 1.44 bits per heavy atom. The standard InChI is InChI=1S/C17H35N/c1-6-10-15(8-3)16(11-7-2)12-9-13-17(18)14(4)5/h14,17H,6-13,18H2,1-5H3/b16-15-. The fourth-order valence-electron chi connectivity index (χ4n) is 2.57. The number of nitrogens with two attached hydrogens (primary N) is 1. The Bertz CT molecular complexity index is 228. The van der Waals surface area contributed by atoms with Gasteiger partial charge in [-0.2, -0.15) is 0 Å². The zero-order valence-electron chi connectivity index (χ0n) is 13.4. The third-order valence-electron chi connectivity index (χ3n) is 3.90. The van der Waals surface area contributed by atoms with E-state index in [1.807, 2.05) is 0 Å². The molecule has 1 heteroatoms. The van der Waals surface area contributed by atoms with Crippen LogP contribution in [0.25, 0.3) is 0 Å². The van der Waals surface area contributed by atoms with Gasteiger partial charge in [-0.1, -0.05) is 58.6 Å². The third-order valence-corrected chi connectivity index (χ3v) is 3.90. The molecule has 0 aliphatic rings. The lowest BCUT2D eigenvalue weighted by atomic mass is 9.91. The smallest absolute Gasteiger partial charge is 0.00620 e. The van der Waals surface area contributed by atoms with Gasteiger partial charge in [0.15, 0.2) is 0 Å². The fourth-order valence-corrected chi connectivity index (χ4v) is 2.57. The third kappa shape index (κ3) is 7.20. The molecule has 0 saturated heterocycles. The molecule has 1 atom stereocenters. The summed E-state index contributed by atoms with van der Waals surface area (Å²) in [5.74, 6) is 0.616. The van der Waals surface area contributed by atoms with Crippen molar-refractivity contribution in [2.24, 2.45) is 11.7 Å². The van der Waals surface area contributed by atoms with Gasteiger partial charge in [0.2, 0.25) is 0 Å². The van der Waals surface area contributed by atoms with Gasteiger partial charge in [-0.05, 0) is 44.4 Å². The molecule has 0 aromatic rings. The predicted octanol–water partition coefficient (Wildman–Crippen LogP) is 5.45. The first-order chi connectivity index (χ1) is 8.56. The monoisotopic (exact) mass is 253 g/mol. The Morgan fingerprint density at radius 3 is 1.89 bits per heavy atom. The largest absolute Gasteiger partial charge is 0.327 e. The molecule has 1 nitrogen and oxygen atoms in total. The van der Waals surface area contributed by atoms with E-state index in [0.717, 1.165) is 0 Å². The Kier molecular flexibility index (Phi) is 10.4. The van der Waals surface area contributed by atoms with Gasteiger partial charge in [-0.15, -0.1) is 0 Å². The lowest BCUT2D eigenvalue weighted by Gasteiger charge is -2.17. The molecule has 0 aromatic carbocycles. The molecule has 0 saturated carbocycles. The van der Waals surface area contributed by atoms with Crippen molar-refractivity contribution < 1.29 is 0 Å². The van der Waals surface area contributed by atoms with E-state index < -0.39 is 0 Å². The quantitative estimate of drug-likeness (QED) is 0.515. The van der Waals surface area contributed by atoms with Gasteiger partial charge in [0.05, 0.1) is 0 Å². The molecule has 0 aliphatic carbocycles. The fraction of sp³-hybridized carbons (Fsp3) is 0.882. The normalized spacial score (nSPS) is 14.8. The molecule has 0 rings (SSSR count). The average molecular weight is 253 g/mol. The first kappa shape index (κ1) is 17.7. The first-order valence-corrected chi connectivity index (χ1v) is 8.02. The van der Waals surface area contributed by atoms with Crippen molar-refractivity contribution in [3.05, 3.63) is 11.1 Å².